The van der Waals surface area contributed by atoms with Gasteiger partial charge in [-0.3, -0.25) is 9.59 Å². The quantitative estimate of drug-likeness (QED) is 0.461. The smallest absolute Gasteiger partial charge is 0.310 e. The van der Waals surface area contributed by atoms with Crippen LogP contribution in [0.25, 0.3) is 0 Å². The number of ketones is 1. The normalized spacial score (nSPS) is 37.4. The molecule has 1 aromatic rings. The summed E-state index contributed by atoms with van der Waals surface area (Å²) in [4.78, 5) is 26.3. The Morgan fingerprint density at radius 1 is 1.28 bits per heavy atom. The Balaban J connectivity index is 1.56. The average molecular weight is 356 g/mol. The highest BCUT2D eigenvalue weighted by Crippen LogP contribution is 2.55. The summed E-state index contributed by atoms with van der Waals surface area (Å²) in [5.41, 5.74) is 0.741. The lowest BCUT2D eigenvalue weighted by Gasteiger charge is -2.31. The summed E-state index contributed by atoms with van der Waals surface area (Å²) in [5, 5.41) is 0. The van der Waals surface area contributed by atoms with E-state index in [-0.39, 0.29) is 35.2 Å². The Labute approximate surface area is 153 Å². The van der Waals surface area contributed by atoms with Crippen LogP contribution in [0.1, 0.15) is 32.6 Å². The van der Waals surface area contributed by atoms with E-state index in [0.29, 0.717) is 18.0 Å². The number of hydrogen-bond acceptors (Lipinski definition) is 4. The van der Waals surface area contributed by atoms with E-state index in [2.05, 4.69) is 25.6 Å². The van der Waals surface area contributed by atoms with Crippen molar-refractivity contribution >= 4 is 23.5 Å². The average Bonchev–Trinajstić information content (AvgIpc) is 3.00. The molecule has 5 atom stereocenters. The molecule has 4 rings (SSSR count). The molecule has 0 N–H and O–H groups in total. The minimum atomic E-state index is -0.361. The lowest BCUT2D eigenvalue weighted by Crippen LogP contribution is -2.33. The Morgan fingerprint density at radius 3 is 2.80 bits per heavy atom. The molecule has 2 aliphatic carbocycles. The van der Waals surface area contributed by atoms with Gasteiger partial charge in [-0.25, -0.2) is 0 Å². The summed E-state index contributed by atoms with van der Waals surface area (Å²) >= 11 is 1.70. The number of carbonyl (C=O) groups excluding carboxylic acids is 2. The van der Waals surface area contributed by atoms with Gasteiger partial charge in [0.1, 0.15) is 11.9 Å². The zero-order chi connectivity index (χ0) is 17.6. The Bertz CT molecular complexity index is 713. The molecule has 4 heteroatoms. The lowest BCUT2D eigenvalue weighted by atomic mass is 9.70. The zero-order valence-corrected chi connectivity index (χ0v) is 15.4. The molecule has 0 unspecified atom stereocenters. The van der Waals surface area contributed by atoms with Gasteiger partial charge in [0.05, 0.1) is 5.92 Å². The number of Topliss-reactive ketones (excluding diaryl/α,β-unsaturated/α-hetero) is 1. The number of thioether (sulfide) groups is 1. The second kappa shape index (κ2) is 6.31. The van der Waals surface area contributed by atoms with Crippen LogP contribution in [0.2, 0.25) is 0 Å². The van der Waals surface area contributed by atoms with E-state index in [1.807, 2.05) is 18.2 Å². The number of rotatable bonds is 3. The van der Waals surface area contributed by atoms with Gasteiger partial charge in [-0.1, -0.05) is 37.3 Å². The van der Waals surface area contributed by atoms with Crippen molar-refractivity contribution in [3.05, 3.63) is 42.5 Å². The Hall–Kier alpha value is -1.55. The van der Waals surface area contributed by atoms with Crippen LogP contribution in [0.5, 0.6) is 0 Å². The fourth-order valence-electron chi connectivity index (χ4n) is 4.99. The van der Waals surface area contributed by atoms with Crippen LogP contribution < -0.4 is 0 Å². The molecular formula is C21H24O3S. The number of fused-ring (bicyclic) bond motifs is 2. The molecule has 1 aromatic carbocycles. The minimum Gasteiger partial charge on any atom is -0.461 e. The molecule has 25 heavy (non-hydrogen) atoms. The third kappa shape index (κ3) is 2.84. The first-order chi connectivity index (χ1) is 12.0. The Kier molecular flexibility index (Phi) is 4.27. The van der Waals surface area contributed by atoms with Crippen molar-refractivity contribution in [2.24, 2.45) is 23.2 Å². The van der Waals surface area contributed by atoms with Gasteiger partial charge in [0, 0.05) is 34.8 Å². The van der Waals surface area contributed by atoms with Gasteiger partial charge in [-0.15, -0.1) is 11.8 Å². The van der Waals surface area contributed by atoms with Crippen molar-refractivity contribution in [3.63, 3.8) is 0 Å². The summed E-state index contributed by atoms with van der Waals surface area (Å²) in [7, 11) is 0. The topological polar surface area (TPSA) is 43.4 Å². The van der Waals surface area contributed by atoms with Gasteiger partial charge in [0.25, 0.3) is 0 Å². The van der Waals surface area contributed by atoms with Crippen LogP contribution in [0.4, 0.5) is 0 Å². The Morgan fingerprint density at radius 2 is 2.04 bits per heavy atom. The van der Waals surface area contributed by atoms with Gasteiger partial charge in [-0.2, -0.15) is 0 Å². The summed E-state index contributed by atoms with van der Waals surface area (Å²) < 4.78 is 5.74. The van der Waals surface area contributed by atoms with Gasteiger partial charge in [0.2, 0.25) is 0 Å². The van der Waals surface area contributed by atoms with E-state index in [4.69, 9.17) is 4.74 Å². The maximum Gasteiger partial charge on any atom is 0.310 e. The molecule has 0 bridgehead atoms. The molecule has 1 saturated heterocycles. The first kappa shape index (κ1) is 16.9. The standard InChI is InChI=1S/C21H24O3S/c1-13-10-18-15(11-21(2)17(13)8-9-19(21)22)16(20(23)24-18)12-25-14-6-4-3-5-7-14/h3-7,15-18H,1,8-12H2,2H3/t15-,16-,17-,18+,21-/m0/s1. The zero-order valence-electron chi connectivity index (χ0n) is 14.6. The van der Waals surface area contributed by atoms with Crippen LogP contribution in [-0.4, -0.2) is 23.6 Å². The van der Waals surface area contributed by atoms with Crippen molar-refractivity contribution in [3.8, 4) is 0 Å². The molecule has 0 radical (unpaired) electrons. The molecule has 1 heterocycles. The fourth-order valence-corrected chi connectivity index (χ4v) is 6.10. The maximum atomic E-state index is 12.6. The third-order valence-corrected chi connectivity index (χ3v) is 7.55. The first-order valence-corrected chi connectivity index (χ1v) is 10.1. The number of benzene rings is 1. The maximum absolute atomic E-state index is 12.6. The van der Waals surface area contributed by atoms with Gasteiger partial charge in [0.15, 0.2) is 0 Å². The van der Waals surface area contributed by atoms with Gasteiger partial charge < -0.3 is 4.74 Å². The van der Waals surface area contributed by atoms with Crippen LogP contribution in [0.15, 0.2) is 47.4 Å². The molecular weight excluding hydrogens is 332 g/mol. The van der Waals surface area contributed by atoms with Crippen LogP contribution >= 0.6 is 11.8 Å². The highest BCUT2D eigenvalue weighted by atomic mass is 32.2. The number of ether oxygens (including phenoxy) is 1. The largest absolute Gasteiger partial charge is 0.461 e. The molecule has 3 nitrogen and oxygen atoms in total. The number of hydrogen-bond donors (Lipinski definition) is 0. The van der Waals surface area contributed by atoms with Crippen LogP contribution in [-0.2, 0) is 14.3 Å². The van der Waals surface area contributed by atoms with Crippen molar-refractivity contribution in [2.45, 2.75) is 43.6 Å². The molecule has 0 spiro atoms. The van der Waals surface area contributed by atoms with Crippen LogP contribution in [0, 0.1) is 23.2 Å². The molecule has 1 aliphatic heterocycles. The van der Waals surface area contributed by atoms with Gasteiger partial charge >= 0.3 is 5.97 Å². The summed E-state index contributed by atoms with van der Waals surface area (Å²) in [6.45, 7) is 6.34. The minimum absolute atomic E-state index is 0.0984. The third-order valence-electron chi connectivity index (χ3n) is 6.42. The second-order valence-corrected chi connectivity index (χ2v) is 8.96. The molecule has 0 amide bonds. The van der Waals surface area contributed by atoms with E-state index in [0.717, 1.165) is 29.7 Å². The van der Waals surface area contributed by atoms with Crippen molar-refractivity contribution in [1.82, 2.24) is 0 Å². The molecule has 3 aliphatic rings. The van der Waals surface area contributed by atoms with Crippen LogP contribution in [0.3, 0.4) is 0 Å². The highest BCUT2D eigenvalue weighted by Gasteiger charge is 2.56. The van der Waals surface area contributed by atoms with E-state index in [9.17, 15) is 9.59 Å². The number of carbonyl (C=O) groups is 2. The van der Waals surface area contributed by atoms with E-state index < -0.39 is 0 Å². The fraction of sp³-hybridized carbons (Fsp3) is 0.524. The molecule has 3 fully saturated rings. The summed E-state index contributed by atoms with van der Waals surface area (Å²) in [6.07, 6.45) is 2.93. The second-order valence-electron chi connectivity index (χ2n) is 7.87. The van der Waals surface area contributed by atoms with Crippen molar-refractivity contribution in [1.29, 1.82) is 0 Å². The SMILES string of the molecule is C=C1C[C@H]2OC(=O)[C@@H](CSc3ccccc3)[C@@H]2C[C@]2(C)C(=O)CC[C@@H]12. The monoisotopic (exact) mass is 356 g/mol. The summed E-state index contributed by atoms with van der Waals surface area (Å²) in [5.74, 6) is 1.20. The highest BCUT2D eigenvalue weighted by molar-refractivity contribution is 7.99. The first-order valence-electron chi connectivity index (χ1n) is 9.08. The van der Waals surface area contributed by atoms with E-state index >= 15 is 0 Å². The summed E-state index contributed by atoms with van der Waals surface area (Å²) in [6, 6.07) is 10.1. The van der Waals surface area contributed by atoms with Gasteiger partial charge in [-0.05, 0) is 30.9 Å². The molecule has 2 saturated carbocycles. The predicted octanol–water partition coefficient (Wildman–Crippen LogP) is 4.27. The number of esters is 1. The van der Waals surface area contributed by atoms with E-state index in [1.54, 1.807) is 11.8 Å². The van der Waals surface area contributed by atoms with Crippen molar-refractivity contribution < 1.29 is 14.3 Å². The molecule has 132 valence electrons. The van der Waals surface area contributed by atoms with E-state index in [1.165, 1.54) is 0 Å². The molecule has 0 aromatic heterocycles. The van der Waals surface area contributed by atoms with Crippen molar-refractivity contribution in [2.75, 3.05) is 5.75 Å². The lowest BCUT2D eigenvalue weighted by molar-refractivity contribution is -0.143. The predicted molar refractivity (Wildman–Crippen MR) is 98.2 cm³/mol.